The molecule has 0 heterocycles. The second-order valence-corrected chi connectivity index (χ2v) is 7.02. The Bertz CT molecular complexity index is 600. The van der Waals surface area contributed by atoms with Gasteiger partial charge in [0.15, 0.2) is 0 Å². The highest BCUT2D eigenvalue weighted by Crippen LogP contribution is 2.38. The van der Waals surface area contributed by atoms with Gasteiger partial charge in [-0.05, 0) is 55.0 Å². The predicted molar refractivity (Wildman–Crippen MR) is 104 cm³/mol. The van der Waals surface area contributed by atoms with Gasteiger partial charge in [-0.2, -0.15) is 0 Å². The van der Waals surface area contributed by atoms with Gasteiger partial charge in [0.2, 0.25) is 0 Å². The molecule has 0 saturated carbocycles. The lowest BCUT2D eigenvalue weighted by atomic mass is 9.87. The van der Waals surface area contributed by atoms with Gasteiger partial charge in [-0.25, -0.2) is 0 Å². The Morgan fingerprint density at radius 2 is 1.91 bits per heavy atom. The molecule has 0 amide bonds. The normalized spacial score (nSPS) is 16.5. The lowest BCUT2D eigenvalue weighted by molar-refractivity contribution is 0.454. The molecule has 0 saturated heterocycles. The van der Waals surface area contributed by atoms with E-state index in [0.717, 1.165) is 12.3 Å². The topological polar surface area (TPSA) is 12.0 Å². The third-order valence-electron chi connectivity index (χ3n) is 4.32. The summed E-state index contributed by atoms with van der Waals surface area (Å²) in [6.45, 7) is 3.36. The summed E-state index contributed by atoms with van der Waals surface area (Å²) in [5, 5.41) is 3.75. The van der Waals surface area contributed by atoms with Crippen molar-refractivity contribution in [1.29, 1.82) is 0 Å². The highest BCUT2D eigenvalue weighted by atomic mass is 35.5. The summed E-state index contributed by atoms with van der Waals surface area (Å²) in [5.41, 5.74) is 4.53. The Hall–Kier alpha value is -0.960. The second kappa shape index (κ2) is 9.36. The van der Waals surface area contributed by atoms with Crippen LogP contribution < -0.4 is 5.32 Å². The van der Waals surface area contributed by atoms with E-state index in [2.05, 4.69) is 60.8 Å². The van der Waals surface area contributed by atoms with Gasteiger partial charge >= 0.3 is 0 Å². The highest BCUT2D eigenvalue weighted by Gasteiger charge is 2.22. The summed E-state index contributed by atoms with van der Waals surface area (Å²) in [4.78, 5) is 1.47. The van der Waals surface area contributed by atoms with Gasteiger partial charge < -0.3 is 5.32 Å². The van der Waals surface area contributed by atoms with Crippen molar-refractivity contribution in [2.75, 3.05) is 6.54 Å². The van der Waals surface area contributed by atoms with E-state index in [1.54, 1.807) is 11.1 Å². The summed E-state index contributed by atoms with van der Waals surface area (Å²) in [5.74, 6) is 1.05. The van der Waals surface area contributed by atoms with Crippen molar-refractivity contribution in [3.8, 4) is 0 Å². The van der Waals surface area contributed by atoms with E-state index in [9.17, 15) is 0 Å². The number of hydrogen-bond donors (Lipinski definition) is 1. The van der Waals surface area contributed by atoms with Crippen LogP contribution in [0.25, 0.3) is 0 Å². The SMILES string of the molecule is CCCNC1CCCc2cccc(SCc3ccccc3)c21.Cl. The van der Waals surface area contributed by atoms with Crippen LogP contribution in [0.2, 0.25) is 0 Å². The number of fused-ring (bicyclic) bond motifs is 1. The Kier molecular flexibility index (Phi) is 7.48. The first-order valence-corrected chi connectivity index (χ1v) is 9.39. The van der Waals surface area contributed by atoms with Crippen molar-refractivity contribution >= 4 is 24.2 Å². The molecule has 1 N–H and O–H groups in total. The molecule has 0 aromatic heterocycles. The first-order valence-electron chi connectivity index (χ1n) is 8.40. The number of rotatable bonds is 6. The minimum absolute atomic E-state index is 0. The lowest BCUT2D eigenvalue weighted by Crippen LogP contribution is -2.26. The zero-order chi connectivity index (χ0) is 15.2. The van der Waals surface area contributed by atoms with Crippen LogP contribution in [0.15, 0.2) is 53.4 Å². The molecule has 0 spiro atoms. The minimum Gasteiger partial charge on any atom is -0.310 e. The Morgan fingerprint density at radius 3 is 2.70 bits per heavy atom. The number of nitrogens with one attached hydrogen (secondary N) is 1. The lowest BCUT2D eigenvalue weighted by Gasteiger charge is -2.28. The average molecular weight is 348 g/mol. The van der Waals surface area contributed by atoms with Crippen LogP contribution in [0.5, 0.6) is 0 Å². The quantitative estimate of drug-likeness (QED) is 0.665. The van der Waals surface area contributed by atoms with E-state index in [4.69, 9.17) is 0 Å². The fraction of sp³-hybridized carbons (Fsp3) is 0.400. The predicted octanol–water partition coefficient (Wildman–Crippen LogP) is 5.78. The van der Waals surface area contributed by atoms with Crippen LogP contribution in [0.3, 0.4) is 0 Å². The molecule has 23 heavy (non-hydrogen) atoms. The molecule has 1 nitrogen and oxygen atoms in total. The zero-order valence-electron chi connectivity index (χ0n) is 13.8. The number of hydrogen-bond acceptors (Lipinski definition) is 2. The number of aryl methyl sites for hydroxylation is 1. The van der Waals surface area contributed by atoms with Gasteiger partial charge in [0.05, 0.1) is 0 Å². The molecule has 1 aliphatic rings. The maximum absolute atomic E-state index is 3.75. The molecule has 0 bridgehead atoms. The molecule has 3 rings (SSSR count). The third-order valence-corrected chi connectivity index (χ3v) is 5.47. The average Bonchev–Trinajstić information content (AvgIpc) is 2.59. The Labute approximate surface area is 150 Å². The summed E-state index contributed by atoms with van der Waals surface area (Å²) >= 11 is 1.99. The molecular formula is C20H26ClNS. The summed E-state index contributed by atoms with van der Waals surface area (Å²) in [6, 6.07) is 18.2. The van der Waals surface area contributed by atoms with E-state index in [1.807, 2.05) is 11.8 Å². The Balaban J connectivity index is 0.00000192. The van der Waals surface area contributed by atoms with Crippen LogP contribution >= 0.6 is 24.2 Å². The van der Waals surface area contributed by atoms with E-state index >= 15 is 0 Å². The second-order valence-electron chi connectivity index (χ2n) is 6.00. The van der Waals surface area contributed by atoms with Crippen molar-refractivity contribution in [1.82, 2.24) is 5.32 Å². The third kappa shape index (κ3) is 4.76. The van der Waals surface area contributed by atoms with Crippen molar-refractivity contribution in [2.45, 2.75) is 49.3 Å². The molecule has 1 unspecified atom stereocenters. The molecule has 2 aromatic carbocycles. The smallest absolute Gasteiger partial charge is 0.0334 e. The monoisotopic (exact) mass is 347 g/mol. The zero-order valence-corrected chi connectivity index (χ0v) is 15.4. The van der Waals surface area contributed by atoms with Gasteiger partial charge in [-0.3, -0.25) is 0 Å². The van der Waals surface area contributed by atoms with Gasteiger partial charge in [-0.1, -0.05) is 49.4 Å². The van der Waals surface area contributed by atoms with E-state index in [1.165, 1.54) is 36.1 Å². The van der Waals surface area contributed by atoms with Gasteiger partial charge in [0.1, 0.15) is 0 Å². The largest absolute Gasteiger partial charge is 0.310 e. The van der Waals surface area contributed by atoms with Crippen molar-refractivity contribution < 1.29 is 0 Å². The van der Waals surface area contributed by atoms with Crippen molar-refractivity contribution in [2.24, 2.45) is 0 Å². The molecule has 124 valence electrons. The maximum Gasteiger partial charge on any atom is 0.0334 e. The van der Waals surface area contributed by atoms with Crippen LogP contribution in [0, 0.1) is 0 Å². The molecule has 1 atom stereocenters. The van der Waals surface area contributed by atoms with Gasteiger partial charge in [0.25, 0.3) is 0 Å². The first-order chi connectivity index (χ1) is 10.9. The van der Waals surface area contributed by atoms with Crippen LogP contribution in [0.4, 0.5) is 0 Å². The van der Waals surface area contributed by atoms with Crippen LogP contribution in [-0.2, 0) is 12.2 Å². The van der Waals surface area contributed by atoms with Crippen LogP contribution in [-0.4, -0.2) is 6.54 Å². The van der Waals surface area contributed by atoms with E-state index < -0.39 is 0 Å². The maximum atomic E-state index is 3.75. The van der Waals surface area contributed by atoms with Crippen molar-refractivity contribution in [3.05, 3.63) is 65.2 Å². The first kappa shape index (κ1) is 18.4. The fourth-order valence-corrected chi connectivity index (χ4v) is 4.35. The summed E-state index contributed by atoms with van der Waals surface area (Å²) < 4.78 is 0. The number of benzene rings is 2. The Morgan fingerprint density at radius 1 is 1.09 bits per heavy atom. The standard InChI is InChI=1S/C20H25NS.ClH/c1-2-14-21-18-12-6-10-17-11-7-13-19(20(17)18)22-15-16-8-4-3-5-9-16;/h3-5,7-9,11,13,18,21H,2,6,10,12,14-15H2,1H3;1H. The van der Waals surface area contributed by atoms with Gasteiger partial charge in [0, 0.05) is 16.7 Å². The van der Waals surface area contributed by atoms with Crippen molar-refractivity contribution in [3.63, 3.8) is 0 Å². The summed E-state index contributed by atoms with van der Waals surface area (Å²) in [7, 11) is 0. The molecule has 1 aliphatic carbocycles. The summed E-state index contributed by atoms with van der Waals surface area (Å²) in [6.07, 6.45) is 5.02. The van der Waals surface area contributed by atoms with E-state index in [-0.39, 0.29) is 12.4 Å². The fourth-order valence-electron chi connectivity index (χ4n) is 3.23. The molecule has 0 radical (unpaired) electrons. The van der Waals surface area contributed by atoms with Gasteiger partial charge in [-0.15, -0.1) is 24.2 Å². The van der Waals surface area contributed by atoms with Crippen LogP contribution in [0.1, 0.15) is 48.9 Å². The molecule has 0 fully saturated rings. The number of thioether (sulfide) groups is 1. The number of halogens is 1. The minimum atomic E-state index is 0. The molecule has 3 heteroatoms. The molecule has 0 aliphatic heterocycles. The highest BCUT2D eigenvalue weighted by molar-refractivity contribution is 7.98. The van der Waals surface area contributed by atoms with E-state index in [0.29, 0.717) is 6.04 Å². The molecule has 2 aromatic rings. The molecular weight excluding hydrogens is 322 g/mol.